The Kier molecular flexibility index (Phi) is 5.57. The maximum absolute atomic E-state index is 9.75. The van der Waals surface area contributed by atoms with E-state index in [-0.39, 0.29) is 6.10 Å². The lowest BCUT2D eigenvalue weighted by Gasteiger charge is -2.23. The number of benzene rings is 1. The summed E-state index contributed by atoms with van der Waals surface area (Å²) in [6.07, 6.45) is 1.52. The summed E-state index contributed by atoms with van der Waals surface area (Å²) in [7, 11) is 0. The molecule has 0 bridgehead atoms. The fraction of sp³-hybridized carbons (Fsp3) is 0.500. The molecule has 1 rings (SSSR count). The number of hydrogen-bond donors (Lipinski definition) is 1. The maximum Gasteiger partial charge on any atom is 0.0785 e. The van der Waals surface area contributed by atoms with Gasteiger partial charge in [0.1, 0.15) is 0 Å². The molecule has 1 aromatic rings. The second-order valence-corrected chi connectivity index (χ2v) is 5.48. The molecule has 0 aliphatic rings. The summed E-state index contributed by atoms with van der Waals surface area (Å²) in [6.45, 7) is 10.2. The Morgan fingerprint density at radius 1 is 1.33 bits per heavy atom. The first kappa shape index (κ1) is 14.9. The molecule has 1 unspecified atom stereocenters. The molecule has 0 saturated heterocycles. The highest BCUT2D eigenvalue weighted by atomic mass is 16.5. The molecule has 0 aliphatic carbocycles. The van der Waals surface area contributed by atoms with Crippen LogP contribution < -0.4 is 0 Å². The van der Waals surface area contributed by atoms with E-state index in [1.807, 2.05) is 51.1 Å². The van der Waals surface area contributed by atoms with Crippen LogP contribution in [0.3, 0.4) is 0 Å². The molecular formula is C16H24O2. The van der Waals surface area contributed by atoms with Gasteiger partial charge in [0.15, 0.2) is 0 Å². The summed E-state index contributed by atoms with van der Waals surface area (Å²) in [5.41, 5.74) is 1.52. The second kappa shape index (κ2) is 6.72. The lowest BCUT2D eigenvalue weighted by molar-refractivity contribution is 0.0221. The van der Waals surface area contributed by atoms with Gasteiger partial charge in [-0.05, 0) is 39.2 Å². The van der Waals surface area contributed by atoms with Gasteiger partial charge in [-0.3, -0.25) is 0 Å². The quantitative estimate of drug-likeness (QED) is 0.746. The third-order valence-electron chi connectivity index (χ3n) is 2.86. The average Bonchev–Trinajstić information content (AvgIpc) is 2.28. The number of ether oxygens (including phenoxy) is 1. The topological polar surface area (TPSA) is 29.5 Å². The van der Waals surface area contributed by atoms with Crippen molar-refractivity contribution in [3.8, 4) is 0 Å². The zero-order valence-electron chi connectivity index (χ0n) is 11.6. The molecule has 0 radical (unpaired) electrons. The average molecular weight is 248 g/mol. The van der Waals surface area contributed by atoms with Gasteiger partial charge in [0.25, 0.3) is 0 Å². The molecule has 0 heterocycles. The first-order chi connectivity index (χ1) is 8.38. The number of rotatable bonds is 7. The summed E-state index contributed by atoms with van der Waals surface area (Å²) >= 11 is 0. The Bertz CT molecular complexity index is 362. The van der Waals surface area contributed by atoms with Crippen LogP contribution in [0.25, 0.3) is 0 Å². The van der Waals surface area contributed by atoms with E-state index >= 15 is 0 Å². The minimum atomic E-state index is -0.649. The zero-order valence-corrected chi connectivity index (χ0v) is 11.6. The van der Waals surface area contributed by atoms with Crippen molar-refractivity contribution in [1.82, 2.24) is 0 Å². The van der Waals surface area contributed by atoms with Gasteiger partial charge in [-0.1, -0.05) is 42.5 Å². The molecule has 18 heavy (non-hydrogen) atoms. The van der Waals surface area contributed by atoms with E-state index in [1.54, 1.807) is 0 Å². The van der Waals surface area contributed by atoms with Crippen molar-refractivity contribution in [1.29, 1.82) is 0 Å². The van der Waals surface area contributed by atoms with E-state index < -0.39 is 5.60 Å². The van der Waals surface area contributed by atoms with Crippen LogP contribution in [-0.2, 0) is 11.3 Å². The van der Waals surface area contributed by atoms with Crippen LogP contribution in [0.2, 0.25) is 0 Å². The molecule has 0 spiro atoms. The van der Waals surface area contributed by atoms with E-state index in [0.717, 1.165) is 17.6 Å². The molecule has 1 aromatic carbocycles. The van der Waals surface area contributed by atoms with E-state index in [4.69, 9.17) is 4.74 Å². The SMILES string of the molecule is C=C(C)C(CCC(C)(C)O)OCc1ccccc1. The highest BCUT2D eigenvalue weighted by Gasteiger charge is 2.17. The molecule has 0 saturated carbocycles. The fourth-order valence-electron chi connectivity index (χ4n) is 1.73. The summed E-state index contributed by atoms with van der Waals surface area (Å²) in [4.78, 5) is 0. The Balaban J connectivity index is 2.46. The monoisotopic (exact) mass is 248 g/mol. The van der Waals surface area contributed by atoms with Gasteiger partial charge in [0.2, 0.25) is 0 Å². The van der Waals surface area contributed by atoms with Gasteiger partial charge in [-0.15, -0.1) is 0 Å². The third kappa shape index (κ3) is 5.99. The Morgan fingerprint density at radius 2 is 1.94 bits per heavy atom. The van der Waals surface area contributed by atoms with Gasteiger partial charge >= 0.3 is 0 Å². The number of aliphatic hydroxyl groups is 1. The van der Waals surface area contributed by atoms with Gasteiger partial charge in [0, 0.05) is 0 Å². The minimum absolute atomic E-state index is 0.0108. The van der Waals surface area contributed by atoms with E-state index in [2.05, 4.69) is 6.58 Å². The molecule has 2 nitrogen and oxygen atoms in total. The van der Waals surface area contributed by atoms with Crippen LogP contribution in [0, 0.1) is 0 Å². The molecule has 0 aromatic heterocycles. The van der Waals surface area contributed by atoms with Gasteiger partial charge in [-0.25, -0.2) is 0 Å². The van der Waals surface area contributed by atoms with Crippen molar-refractivity contribution in [2.75, 3.05) is 0 Å². The maximum atomic E-state index is 9.75. The molecule has 1 N–H and O–H groups in total. The third-order valence-corrected chi connectivity index (χ3v) is 2.86. The first-order valence-corrected chi connectivity index (χ1v) is 6.42. The summed E-state index contributed by atoms with van der Waals surface area (Å²) in [6, 6.07) is 10.1. The normalized spacial score (nSPS) is 13.3. The summed E-state index contributed by atoms with van der Waals surface area (Å²) < 4.78 is 5.87. The Labute approximate surface area is 110 Å². The standard InChI is InChI=1S/C16H24O2/c1-13(2)15(10-11-16(3,4)17)18-12-14-8-6-5-7-9-14/h5-9,15,17H,1,10-12H2,2-4H3. The lowest BCUT2D eigenvalue weighted by Crippen LogP contribution is -2.23. The molecule has 0 amide bonds. The van der Waals surface area contributed by atoms with Crippen LogP contribution in [-0.4, -0.2) is 16.8 Å². The smallest absolute Gasteiger partial charge is 0.0785 e. The zero-order chi connectivity index (χ0) is 13.6. The van der Waals surface area contributed by atoms with Crippen molar-refractivity contribution in [3.05, 3.63) is 48.0 Å². The van der Waals surface area contributed by atoms with Crippen molar-refractivity contribution >= 4 is 0 Å². The summed E-state index contributed by atoms with van der Waals surface area (Å²) in [5.74, 6) is 0. The highest BCUT2D eigenvalue weighted by molar-refractivity contribution is 5.13. The van der Waals surface area contributed by atoms with Gasteiger partial charge in [-0.2, -0.15) is 0 Å². The van der Waals surface area contributed by atoms with E-state index in [0.29, 0.717) is 13.0 Å². The molecule has 0 aliphatic heterocycles. The van der Waals surface area contributed by atoms with Crippen LogP contribution in [0.1, 0.15) is 39.2 Å². The largest absolute Gasteiger partial charge is 0.390 e. The fourth-order valence-corrected chi connectivity index (χ4v) is 1.73. The molecule has 100 valence electrons. The Hall–Kier alpha value is -1.12. The first-order valence-electron chi connectivity index (χ1n) is 6.42. The van der Waals surface area contributed by atoms with Crippen molar-refractivity contribution in [3.63, 3.8) is 0 Å². The van der Waals surface area contributed by atoms with E-state index in [1.165, 1.54) is 0 Å². The second-order valence-electron chi connectivity index (χ2n) is 5.48. The van der Waals surface area contributed by atoms with E-state index in [9.17, 15) is 5.11 Å². The van der Waals surface area contributed by atoms with Crippen LogP contribution in [0.4, 0.5) is 0 Å². The van der Waals surface area contributed by atoms with Crippen molar-refractivity contribution in [2.45, 2.75) is 51.9 Å². The highest BCUT2D eigenvalue weighted by Crippen LogP contribution is 2.19. The predicted molar refractivity (Wildman–Crippen MR) is 75.4 cm³/mol. The van der Waals surface area contributed by atoms with Crippen LogP contribution in [0.5, 0.6) is 0 Å². The Morgan fingerprint density at radius 3 is 2.44 bits per heavy atom. The van der Waals surface area contributed by atoms with Crippen molar-refractivity contribution in [2.24, 2.45) is 0 Å². The molecule has 0 fully saturated rings. The predicted octanol–water partition coefficient (Wildman–Crippen LogP) is 3.70. The summed E-state index contributed by atoms with van der Waals surface area (Å²) in [5, 5.41) is 9.75. The van der Waals surface area contributed by atoms with Crippen molar-refractivity contribution < 1.29 is 9.84 Å². The molecule has 1 atom stereocenters. The molecular weight excluding hydrogens is 224 g/mol. The van der Waals surface area contributed by atoms with Gasteiger partial charge in [0.05, 0.1) is 18.3 Å². The van der Waals surface area contributed by atoms with Gasteiger partial charge < -0.3 is 9.84 Å². The lowest BCUT2D eigenvalue weighted by atomic mass is 9.98. The van der Waals surface area contributed by atoms with Crippen LogP contribution in [0.15, 0.2) is 42.5 Å². The number of hydrogen-bond acceptors (Lipinski definition) is 2. The minimum Gasteiger partial charge on any atom is -0.390 e. The van der Waals surface area contributed by atoms with Crippen LogP contribution >= 0.6 is 0 Å². The molecule has 2 heteroatoms.